The van der Waals surface area contributed by atoms with E-state index in [1.807, 2.05) is 24.3 Å². The van der Waals surface area contributed by atoms with Crippen molar-refractivity contribution in [1.29, 1.82) is 0 Å². The maximum atomic E-state index is 11.4. The van der Waals surface area contributed by atoms with Crippen molar-refractivity contribution in [3.63, 3.8) is 0 Å². The Kier molecular flexibility index (Phi) is 11.3. The summed E-state index contributed by atoms with van der Waals surface area (Å²) in [6, 6.07) is 42.2. The zero-order chi connectivity index (χ0) is 34.8. The first-order chi connectivity index (χ1) is 25.1. The molecule has 262 valence electrons. The number of carbonyl (C=O) groups is 1. The molecule has 1 aliphatic heterocycles. The number of carbonyl (C=O) groups excluding carboxylic acids is 1. The maximum Gasteiger partial charge on any atom is 0.220 e. The summed E-state index contributed by atoms with van der Waals surface area (Å²) in [5.74, 6) is 3.27. The number of amides is 1. The van der Waals surface area contributed by atoms with Gasteiger partial charge in [-0.15, -0.1) is 0 Å². The molecule has 5 aromatic carbocycles. The summed E-state index contributed by atoms with van der Waals surface area (Å²) in [5, 5.41) is 16.6. The van der Waals surface area contributed by atoms with Crippen molar-refractivity contribution < 1.29 is 19.4 Å². The Labute approximate surface area is 301 Å². The predicted molar refractivity (Wildman–Crippen MR) is 203 cm³/mol. The zero-order valence-corrected chi connectivity index (χ0v) is 29.2. The molecule has 2 aliphatic rings. The van der Waals surface area contributed by atoms with Gasteiger partial charge in [0.1, 0.15) is 23.9 Å². The topological polar surface area (TPSA) is 79.8 Å². The fraction of sp³-hybridized carbons (Fsp3) is 0.311. The van der Waals surface area contributed by atoms with Crippen LogP contribution in [0.15, 0.2) is 121 Å². The van der Waals surface area contributed by atoms with Crippen molar-refractivity contribution in [2.75, 3.05) is 19.7 Å². The molecular formula is C45H48N2O4. The third-order valence-electron chi connectivity index (χ3n) is 10.4. The van der Waals surface area contributed by atoms with E-state index in [0.717, 1.165) is 62.3 Å². The highest BCUT2D eigenvalue weighted by molar-refractivity contribution is 5.76. The Hall–Kier alpha value is -5.07. The van der Waals surface area contributed by atoms with Crippen LogP contribution in [0.1, 0.15) is 88.8 Å². The normalized spacial score (nSPS) is 18.4. The van der Waals surface area contributed by atoms with Gasteiger partial charge in [0.15, 0.2) is 0 Å². The average molecular weight is 681 g/mol. The van der Waals surface area contributed by atoms with Gasteiger partial charge in [-0.3, -0.25) is 4.79 Å². The molecule has 1 saturated heterocycles. The summed E-state index contributed by atoms with van der Waals surface area (Å²) in [7, 11) is 0. The van der Waals surface area contributed by atoms with Crippen LogP contribution < -0.4 is 20.1 Å². The molecule has 1 aliphatic carbocycles. The molecule has 5 aromatic rings. The molecule has 1 unspecified atom stereocenters. The van der Waals surface area contributed by atoms with Gasteiger partial charge in [0.2, 0.25) is 5.91 Å². The van der Waals surface area contributed by atoms with Crippen LogP contribution in [0.4, 0.5) is 0 Å². The molecule has 1 heterocycles. The van der Waals surface area contributed by atoms with Gasteiger partial charge in [0.05, 0.1) is 6.61 Å². The van der Waals surface area contributed by atoms with Crippen LogP contribution >= 0.6 is 0 Å². The molecule has 0 saturated carbocycles. The fourth-order valence-corrected chi connectivity index (χ4v) is 7.60. The van der Waals surface area contributed by atoms with E-state index in [1.165, 1.54) is 33.4 Å². The number of aryl methyl sites for hydroxylation is 1. The Morgan fingerprint density at radius 3 is 2.18 bits per heavy atom. The van der Waals surface area contributed by atoms with Crippen LogP contribution in [0.5, 0.6) is 17.2 Å². The van der Waals surface area contributed by atoms with Crippen LogP contribution in [0.3, 0.4) is 0 Å². The highest BCUT2D eigenvalue weighted by Gasteiger charge is 2.32. The summed E-state index contributed by atoms with van der Waals surface area (Å²) < 4.78 is 12.2. The number of rotatable bonds is 14. The van der Waals surface area contributed by atoms with Gasteiger partial charge in [0.25, 0.3) is 0 Å². The molecule has 6 nitrogen and oxygen atoms in total. The molecule has 0 aromatic heterocycles. The smallest absolute Gasteiger partial charge is 0.220 e. The van der Waals surface area contributed by atoms with Crippen molar-refractivity contribution in [3.05, 3.63) is 160 Å². The molecular weight excluding hydrogens is 633 g/mol. The fourth-order valence-electron chi connectivity index (χ4n) is 7.60. The second-order valence-corrected chi connectivity index (χ2v) is 13.9. The van der Waals surface area contributed by atoms with Gasteiger partial charge in [-0.05, 0) is 120 Å². The molecule has 1 amide bonds. The lowest BCUT2D eigenvalue weighted by Crippen LogP contribution is -2.33. The van der Waals surface area contributed by atoms with Crippen LogP contribution in [0, 0.1) is 0 Å². The third kappa shape index (κ3) is 9.00. The van der Waals surface area contributed by atoms with E-state index in [1.54, 1.807) is 0 Å². The van der Waals surface area contributed by atoms with Crippen molar-refractivity contribution in [2.45, 2.75) is 69.4 Å². The summed E-state index contributed by atoms with van der Waals surface area (Å²) in [5.41, 5.74) is 8.85. The van der Waals surface area contributed by atoms with Crippen LogP contribution in [-0.2, 0) is 24.4 Å². The van der Waals surface area contributed by atoms with Gasteiger partial charge < -0.3 is 25.2 Å². The molecule has 0 radical (unpaired) electrons. The van der Waals surface area contributed by atoms with E-state index in [4.69, 9.17) is 9.47 Å². The van der Waals surface area contributed by atoms with Crippen LogP contribution in [0.25, 0.3) is 0 Å². The number of phenolic OH excluding ortho intramolecular Hbond substituents is 1. The number of ether oxygens (including phenoxy) is 2. The second kappa shape index (κ2) is 16.8. The van der Waals surface area contributed by atoms with Crippen molar-refractivity contribution in [2.24, 2.45) is 0 Å². The highest BCUT2D eigenvalue weighted by Crippen LogP contribution is 2.47. The molecule has 1 fully saturated rings. The summed E-state index contributed by atoms with van der Waals surface area (Å²) in [4.78, 5) is 11.4. The highest BCUT2D eigenvalue weighted by atomic mass is 16.5. The average Bonchev–Trinajstić information content (AvgIpc) is 3.18. The number of nitrogens with one attached hydrogen (secondary N) is 2. The van der Waals surface area contributed by atoms with Crippen molar-refractivity contribution in [3.8, 4) is 17.2 Å². The molecule has 6 heteroatoms. The van der Waals surface area contributed by atoms with E-state index in [0.29, 0.717) is 43.8 Å². The van der Waals surface area contributed by atoms with Gasteiger partial charge in [-0.25, -0.2) is 0 Å². The number of fused-ring (bicyclic) bond motifs is 1. The first kappa shape index (κ1) is 34.4. The van der Waals surface area contributed by atoms with E-state index >= 15 is 0 Å². The van der Waals surface area contributed by atoms with Gasteiger partial charge in [-0.1, -0.05) is 84.9 Å². The van der Waals surface area contributed by atoms with E-state index in [9.17, 15) is 9.90 Å². The number of aromatic hydroxyl groups is 1. The zero-order valence-electron chi connectivity index (χ0n) is 29.2. The second-order valence-electron chi connectivity index (χ2n) is 13.9. The Balaban J connectivity index is 0.814. The molecule has 51 heavy (non-hydrogen) atoms. The number of unbranched alkanes of at least 4 members (excludes halogenated alkanes) is 1. The standard InChI is InChI=1S/C45H48N2O4/c48-39-18-24-43-37(28-39)16-23-42(35-6-2-1-3-7-35)45(43)36-14-21-40(22-15-36)50-27-5-4-26-46-29-32-8-10-33(11-9-32)31-51-41-19-12-34(13-20-41)38-17-25-44(49)47-30-38/h1-3,6-15,18-22,24,28,38,42,45-46,48H,4-5,16-17,23,25-27,29-31H2,(H,47,49)/t38?,42-,45+/m0/s1. The predicted octanol–water partition coefficient (Wildman–Crippen LogP) is 8.78. The molecule has 0 spiro atoms. The lowest BCUT2D eigenvalue weighted by atomic mass is 9.69. The molecule has 3 N–H and O–H groups in total. The quantitative estimate of drug-likeness (QED) is 0.102. The number of hydrogen-bond acceptors (Lipinski definition) is 5. The first-order valence-electron chi connectivity index (χ1n) is 18.5. The largest absolute Gasteiger partial charge is 0.508 e. The third-order valence-corrected chi connectivity index (χ3v) is 10.4. The Bertz CT molecular complexity index is 1850. The van der Waals surface area contributed by atoms with E-state index in [-0.39, 0.29) is 11.8 Å². The Morgan fingerprint density at radius 1 is 0.706 bits per heavy atom. The van der Waals surface area contributed by atoms with Gasteiger partial charge in [0, 0.05) is 31.3 Å². The Morgan fingerprint density at radius 2 is 1.43 bits per heavy atom. The van der Waals surface area contributed by atoms with Crippen LogP contribution in [0.2, 0.25) is 0 Å². The minimum atomic E-state index is 0.150. The summed E-state index contributed by atoms with van der Waals surface area (Å²) in [6.07, 6.45) is 5.56. The number of hydrogen-bond donors (Lipinski definition) is 3. The SMILES string of the molecule is O=C1CCC(c2ccc(OCc3ccc(CNCCCCOc4ccc([C@H]5c6ccc(O)cc6CC[C@H]5c5ccccc5)cc4)cc3)cc2)CN1. The monoisotopic (exact) mass is 680 g/mol. The summed E-state index contributed by atoms with van der Waals surface area (Å²) in [6.45, 7) is 3.71. The number of phenols is 1. The number of piperidine rings is 1. The molecule has 3 atom stereocenters. The van der Waals surface area contributed by atoms with Gasteiger partial charge >= 0.3 is 0 Å². The van der Waals surface area contributed by atoms with Gasteiger partial charge in [-0.2, -0.15) is 0 Å². The molecule has 7 rings (SSSR count). The van der Waals surface area contributed by atoms with E-state index < -0.39 is 0 Å². The van der Waals surface area contributed by atoms with Crippen molar-refractivity contribution >= 4 is 5.91 Å². The minimum absolute atomic E-state index is 0.150. The lowest BCUT2D eigenvalue weighted by molar-refractivity contribution is -0.122. The summed E-state index contributed by atoms with van der Waals surface area (Å²) >= 11 is 0. The minimum Gasteiger partial charge on any atom is -0.508 e. The number of benzene rings is 5. The maximum absolute atomic E-state index is 11.4. The first-order valence-corrected chi connectivity index (χ1v) is 18.5. The van der Waals surface area contributed by atoms with Crippen LogP contribution in [-0.4, -0.2) is 30.7 Å². The van der Waals surface area contributed by atoms with E-state index in [2.05, 4.69) is 108 Å². The molecule has 0 bridgehead atoms. The lowest BCUT2D eigenvalue weighted by Gasteiger charge is -2.34. The van der Waals surface area contributed by atoms with Crippen molar-refractivity contribution in [1.82, 2.24) is 10.6 Å².